The summed E-state index contributed by atoms with van der Waals surface area (Å²) in [6, 6.07) is 8.54. The van der Waals surface area contributed by atoms with Gasteiger partial charge in [0.15, 0.2) is 5.11 Å². The van der Waals surface area contributed by atoms with Crippen LogP contribution in [0.5, 0.6) is 0 Å². The second-order valence-electron chi connectivity index (χ2n) is 7.24. The van der Waals surface area contributed by atoms with Crippen LogP contribution >= 0.6 is 12.2 Å². The quantitative estimate of drug-likeness (QED) is 0.747. The predicted molar refractivity (Wildman–Crippen MR) is 103 cm³/mol. The highest BCUT2D eigenvalue weighted by Gasteiger charge is 2.21. The normalized spacial score (nSPS) is 19.7. The zero-order valence-corrected chi connectivity index (χ0v) is 15.2. The maximum atomic E-state index is 12.2. The Balaban J connectivity index is 1.49. The van der Waals surface area contributed by atoms with E-state index in [9.17, 15) is 4.79 Å². The number of anilines is 1. The molecule has 0 heterocycles. The minimum absolute atomic E-state index is 0.0750. The van der Waals surface area contributed by atoms with Crippen molar-refractivity contribution in [1.82, 2.24) is 5.32 Å². The van der Waals surface area contributed by atoms with E-state index in [1.54, 1.807) is 0 Å². The third-order valence-corrected chi connectivity index (χ3v) is 5.66. The molecular weight excluding hydrogens is 316 g/mol. The Kier molecular flexibility index (Phi) is 6.24. The van der Waals surface area contributed by atoms with Crippen molar-refractivity contribution in [2.24, 2.45) is 5.92 Å². The summed E-state index contributed by atoms with van der Waals surface area (Å²) in [7, 11) is 0. The van der Waals surface area contributed by atoms with Crippen LogP contribution in [-0.4, -0.2) is 11.0 Å². The van der Waals surface area contributed by atoms with Crippen LogP contribution in [0.2, 0.25) is 0 Å². The van der Waals surface area contributed by atoms with Crippen molar-refractivity contribution in [1.29, 1.82) is 0 Å². The Morgan fingerprint density at radius 2 is 1.46 bits per heavy atom. The summed E-state index contributed by atoms with van der Waals surface area (Å²) in [6.07, 6.45) is 12.2. The first-order chi connectivity index (χ1) is 11.7. The molecule has 1 aromatic carbocycles. The zero-order valence-electron chi connectivity index (χ0n) is 14.4. The Morgan fingerprint density at radius 3 is 2.08 bits per heavy atom. The van der Waals surface area contributed by atoms with E-state index in [4.69, 9.17) is 12.2 Å². The van der Waals surface area contributed by atoms with E-state index < -0.39 is 0 Å². The van der Waals surface area contributed by atoms with Gasteiger partial charge in [0, 0.05) is 11.6 Å². The van der Waals surface area contributed by atoms with Crippen LogP contribution in [0.1, 0.15) is 75.7 Å². The molecule has 0 atom stereocenters. The van der Waals surface area contributed by atoms with Crippen LogP contribution in [0.25, 0.3) is 0 Å². The second kappa shape index (κ2) is 8.61. The van der Waals surface area contributed by atoms with Gasteiger partial charge in [0.05, 0.1) is 0 Å². The van der Waals surface area contributed by atoms with E-state index in [1.807, 2.05) is 0 Å². The lowest BCUT2D eigenvalue weighted by Gasteiger charge is -2.22. The van der Waals surface area contributed by atoms with Crippen molar-refractivity contribution >= 4 is 28.9 Å². The molecule has 0 radical (unpaired) electrons. The highest BCUT2D eigenvalue weighted by molar-refractivity contribution is 7.80. The van der Waals surface area contributed by atoms with E-state index in [-0.39, 0.29) is 11.8 Å². The van der Waals surface area contributed by atoms with Crippen LogP contribution in [-0.2, 0) is 4.79 Å². The monoisotopic (exact) mass is 344 g/mol. The molecule has 0 saturated heterocycles. The maximum absolute atomic E-state index is 12.2. The molecule has 3 nitrogen and oxygen atoms in total. The van der Waals surface area contributed by atoms with E-state index >= 15 is 0 Å². The number of amides is 1. The number of rotatable bonds is 3. The number of benzene rings is 1. The number of carbonyl (C=O) groups excluding carboxylic acids is 1. The zero-order chi connectivity index (χ0) is 16.8. The van der Waals surface area contributed by atoms with Gasteiger partial charge in [0.1, 0.15) is 0 Å². The van der Waals surface area contributed by atoms with Gasteiger partial charge in [-0.25, -0.2) is 0 Å². The molecule has 0 bridgehead atoms. The minimum atomic E-state index is 0.0750. The van der Waals surface area contributed by atoms with Gasteiger partial charge in [0.25, 0.3) is 0 Å². The maximum Gasteiger partial charge on any atom is 0.229 e. The van der Waals surface area contributed by atoms with Gasteiger partial charge in [-0.3, -0.25) is 4.79 Å². The Morgan fingerprint density at radius 1 is 0.875 bits per heavy atom. The van der Waals surface area contributed by atoms with Gasteiger partial charge in [-0.15, -0.1) is 0 Å². The Bertz CT molecular complexity index is 558. The number of hydrogen-bond acceptors (Lipinski definition) is 2. The molecule has 0 spiro atoms. The molecule has 2 aliphatic carbocycles. The fourth-order valence-electron chi connectivity index (χ4n) is 4.02. The number of carbonyl (C=O) groups is 1. The number of thiocarbonyl (C=S) groups is 1. The molecule has 130 valence electrons. The molecule has 2 fully saturated rings. The number of nitrogens with one attached hydrogen (secondary N) is 2. The first kappa shape index (κ1) is 17.4. The third kappa shape index (κ3) is 4.79. The predicted octanol–water partition coefficient (Wildman–Crippen LogP) is 5.13. The Labute approximate surface area is 150 Å². The van der Waals surface area contributed by atoms with E-state index in [0.29, 0.717) is 11.0 Å². The largest absolute Gasteiger partial charge is 0.332 e. The summed E-state index contributed by atoms with van der Waals surface area (Å²) in [4.78, 5) is 12.2. The van der Waals surface area contributed by atoms with Gasteiger partial charge >= 0.3 is 0 Å². The van der Waals surface area contributed by atoms with Crippen molar-refractivity contribution in [2.45, 2.75) is 70.1 Å². The van der Waals surface area contributed by atoms with Crippen LogP contribution in [0.3, 0.4) is 0 Å². The average molecular weight is 345 g/mol. The summed E-state index contributed by atoms with van der Waals surface area (Å²) < 4.78 is 0. The lowest BCUT2D eigenvalue weighted by molar-refractivity contribution is -0.124. The number of hydrogen-bond donors (Lipinski definition) is 2. The van der Waals surface area contributed by atoms with Crippen molar-refractivity contribution in [3.8, 4) is 0 Å². The highest BCUT2D eigenvalue weighted by atomic mass is 32.1. The van der Waals surface area contributed by atoms with Gasteiger partial charge in [-0.05, 0) is 61.5 Å². The second-order valence-corrected chi connectivity index (χ2v) is 7.64. The summed E-state index contributed by atoms with van der Waals surface area (Å²) in [5.74, 6) is 0.920. The average Bonchev–Trinajstić information content (AvgIpc) is 2.64. The lowest BCUT2D eigenvalue weighted by Crippen LogP contribution is -2.38. The topological polar surface area (TPSA) is 41.1 Å². The molecule has 0 aromatic heterocycles. The molecule has 1 aromatic rings. The molecule has 2 aliphatic rings. The first-order valence-electron chi connectivity index (χ1n) is 9.44. The van der Waals surface area contributed by atoms with Crippen molar-refractivity contribution in [2.75, 3.05) is 5.32 Å². The van der Waals surface area contributed by atoms with Gasteiger partial charge in [-0.2, -0.15) is 0 Å². The summed E-state index contributed by atoms with van der Waals surface area (Å²) >= 11 is 5.30. The summed E-state index contributed by atoms with van der Waals surface area (Å²) in [5, 5.41) is 6.41. The molecule has 24 heavy (non-hydrogen) atoms. The fourth-order valence-corrected chi connectivity index (χ4v) is 4.23. The minimum Gasteiger partial charge on any atom is -0.332 e. The standard InChI is InChI=1S/C20H28N2OS/c23-19(17-9-5-2-6-10-17)22-20(24)21-18-13-11-16(12-14-18)15-7-3-1-4-8-15/h11-15,17H,1-10H2,(H2,21,22,23,24). The first-order valence-corrected chi connectivity index (χ1v) is 9.85. The van der Waals surface area contributed by atoms with Gasteiger partial charge < -0.3 is 10.6 Å². The lowest BCUT2D eigenvalue weighted by atomic mass is 9.84. The molecule has 2 N–H and O–H groups in total. The van der Waals surface area contributed by atoms with Crippen molar-refractivity contribution < 1.29 is 4.79 Å². The smallest absolute Gasteiger partial charge is 0.229 e. The SMILES string of the molecule is O=C(NC(=S)Nc1ccc(C2CCCCC2)cc1)C1CCCCC1. The van der Waals surface area contributed by atoms with E-state index in [2.05, 4.69) is 34.9 Å². The van der Waals surface area contributed by atoms with Crippen LogP contribution < -0.4 is 10.6 Å². The molecular formula is C20H28N2OS. The van der Waals surface area contributed by atoms with Gasteiger partial charge in [-0.1, -0.05) is 50.7 Å². The molecule has 1 amide bonds. The van der Waals surface area contributed by atoms with E-state index in [1.165, 1.54) is 44.1 Å². The van der Waals surface area contributed by atoms with Crippen molar-refractivity contribution in [3.05, 3.63) is 29.8 Å². The Hall–Kier alpha value is -1.42. The van der Waals surface area contributed by atoms with Crippen LogP contribution in [0.4, 0.5) is 5.69 Å². The molecule has 4 heteroatoms. The molecule has 0 aliphatic heterocycles. The molecule has 0 unspecified atom stereocenters. The fraction of sp³-hybridized carbons (Fsp3) is 0.600. The summed E-state index contributed by atoms with van der Waals surface area (Å²) in [6.45, 7) is 0. The highest BCUT2D eigenvalue weighted by Crippen LogP contribution is 2.33. The van der Waals surface area contributed by atoms with Crippen LogP contribution in [0.15, 0.2) is 24.3 Å². The summed E-state index contributed by atoms with van der Waals surface area (Å²) in [5.41, 5.74) is 2.38. The van der Waals surface area contributed by atoms with Gasteiger partial charge in [0.2, 0.25) is 5.91 Å². The van der Waals surface area contributed by atoms with E-state index in [0.717, 1.165) is 31.4 Å². The third-order valence-electron chi connectivity index (χ3n) is 5.46. The molecule has 3 rings (SSSR count). The van der Waals surface area contributed by atoms with Crippen molar-refractivity contribution in [3.63, 3.8) is 0 Å². The van der Waals surface area contributed by atoms with Crippen LogP contribution in [0, 0.1) is 5.92 Å². The molecule has 2 saturated carbocycles.